The van der Waals surface area contributed by atoms with Crippen LogP contribution in [0, 0.1) is 11.3 Å². The van der Waals surface area contributed by atoms with Gasteiger partial charge in [-0.15, -0.1) is 0 Å². The lowest BCUT2D eigenvalue weighted by Gasteiger charge is -2.40. The summed E-state index contributed by atoms with van der Waals surface area (Å²) in [7, 11) is 0. The largest absolute Gasteiger partial charge is 0.299 e. The summed E-state index contributed by atoms with van der Waals surface area (Å²) in [5, 5.41) is 9.09. The molecule has 1 fully saturated rings. The minimum atomic E-state index is 0.194. The van der Waals surface area contributed by atoms with E-state index in [0.29, 0.717) is 0 Å². The molecule has 22 heavy (non-hydrogen) atoms. The molecule has 0 unspecified atom stereocenters. The van der Waals surface area contributed by atoms with Crippen LogP contribution >= 0.6 is 0 Å². The van der Waals surface area contributed by atoms with Crippen molar-refractivity contribution in [2.45, 2.75) is 31.7 Å². The zero-order chi connectivity index (χ0) is 15.4. The van der Waals surface area contributed by atoms with E-state index in [1.165, 1.54) is 11.1 Å². The van der Waals surface area contributed by atoms with Gasteiger partial charge in [0.1, 0.15) is 0 Å². The zero-order valence-electron chi connectivity index (χ0n) is 13.1. The number of hydrogen-bond donors (Lipinski definition) is 0. The molecule has 1 heterocycles. The average Bonchev–Trinajstić information content (AvgIpc) is 2.58. The lowest BCUT2D eigenvalue weighted by molar-refractivity contribution is 0.162. The highest BCUT2D eigenvalue weighted by Gasteiger charge is 2.31. The summed E-state index contributed by atoms with van der Waals surface area (Å²) in [6.45, 7) is 5.60. The highest BCUT2D eigenvalue weighted by Crippen LogP contribution is 2.35. The molecule has 0 radical (unpaired) electrons. The maximum atomic E-state index is 9.09. The highest BCUT2D eigenvalue weighted by molar-refractivity contribution is 5.36. The standard InChI is InChI=1S/C20H22N2/c1-20(19-9-5-8-18(14-19)15-21)10-12-22(13-11-20)16-17-6-3-2-4-7-17/h2-9,14H,10-13,16H2,1H3. The number of nitriles is 1. The first-order chi connectivity index (χ1) is 10.7. The minimum Gasteiger partial charge on any atom is -0.299 e. The third-order valence-electron chi connectivity index (χ3n) is 4.90. The van der Waals surface area contributed by atoms with Gasteiger partial charge in [0.15, 0.2) is 0 Å². The van der Waals surface area contributed by atoms with Gasteiger partial charge in [-0.1, -0.05) is 49.4 Å². The van der Waals surface area contributed by atoms with Gasteiger partial charge < -0.3 is 0 Å². The van der Waals surface area contributed by atoms with Crippen molar-refractivity contribution in [3.8, 4) is 6.07 Å². The molecule has 3 rings (SSSR count). The van der Waals surface area contributed by atoms with Crippen LogP contribution in [0.25, 0.3) is 0 Å². The van der Waals surface area contributed by atoms with E-state index in [9.17, 15) is 0 Å². The van der Waals surface area contributed by atoms with Gasteiger partial charge >= 0.3 is 0 Å². The molecule has 0 saturated carbocycles. The van der Waals surface area contributed by atoms with Gasteiger partial charge in [0.2, 0.25) is 0 Å². The molecule has 0 amide bonds. The second-order valence-corrected chi connectivity index (χ2v) is 6.52. The normalized spacial score (nSPS) is 17.8. The molecular weight excluding hydrogens is 268 g/mol. The van der Waals surface area contributed by atoms with E-state index in [-0.39, 0.29) is 5.41 Å². The molecule has 0 aromatic heterocycles. The molecule has 1 aliphatic heterocycles. The number of likely N-dealkylation sites (tertiary alicyclic amines) is 1. The van der Waals surface area contributed by atoms with Crippen molar-refractivity contribution in [3.05, 3.63) is 71.3 Å². The monoisotopic (exact) mass is 290 g/mol. The topological polar surface area (TPSA) is 27.0 Å². The van der Waals surface area contributed by atoms with Crippen LogP contribution in [0.4, 0.5) is 0 Å². The lowest BCUT2D eigenvalue weighted by Crippen LogP contribution is -2.40. The predicted molar refractivity (Wildman–Crippen MR) is 89.5 cm³/mol. The SMILES string of the molecule is CC1(c2cccc(C#N)c2)CCN(Cc2ccccc2)CC1. The summed E-state index contributed by atoms with van der Waals surface area (Å²) in [4.78, 5) is 2.53. The lowest BCUT2D eigenvalue weighted by atomic mass is 9.74. The first-order valence-electron chi connectivity index (χ1n) is 7.97. The third kappa shape index (κ3) is 3.21. The molecule has 112 valence electrons. The Morgan fingerprint density at radius 2 is 1.77 bits per heavy atom. The molecule has 0 atom stereocenters. The first kappa shape index (κ1) is 14.8. The Balaban J connectivity index is 1.66. The van der Waals surface area contributed by atoms with Gasteiger partial charge in [0, 0.05) is 6.54 Å². The summed E-state index contributed by atoms with van der Waals surface area (Å²) < 4.78 is 0. The van der Waals surface area contributed by atoms with Gasteiger partial charge in [-0.2, -0.15) is 5.26 Å². The Hall–Kier alpha value is -2.11. The summed E-state index contributed by atoms with van der Waals surface area (Å²) in [5.74, 6) is 0. The van der Waals surface area contributed by atoms with E-state index in [0.717, 1.165) is 38.0 Å². The minimum absolute atomic E-state index is 0.194. The number of rotatable bonds is 3. The molecule has 1 aliphatic rings. The third-order valence-corrected chi connectivity index (χ3v) is 4.90. The molecule has 2 aromatic carbocycles. The first-order valence-corrected chi connectivity index (χ1v) is 7.97. The van der Waals surface area contributed by atoms with E-state index in [2.05, 4.69) is 60.4 Å². The van der Waals surface area contributed by atoms with Crippen LogP contribution in [-0.4, -0.2) is 18.0 Å². The van der Waals surface area contributed by atoms with Crippen LogP contribution in [0.2, 0.25) is 0 Å². The van der Waals surface area contributed by atoms with Crippen molar-refractivity contribution in [1.29, 1.82) is 5.26 Å². The molecule has 0 spiro atoms. The number of piperidine rings is 1. The number of benzene rings is 2. The van der Waals surface area contributed by atoms with Gasteiger partial charge in [-0.3, -0.25) is 4.90 Å². The molecule has 0 aliphatic carbocycles. The molecule has 1 saturated heterocycles. The summed E-state index contributed by atoms with van der Waals surface area (Å²) in [6.07, 6.45) is 2.30. The Morgan fingerprint density at radius 1 is 1.05 bits per heavy atom. The summed E-state index contributed by atoms with van der Waals surface area (Å²) >= 11 is 0. The van der Waals surface area contributed by atoms with Crippen LogP contribution in [0.1, 0.15) is 36.5 Å². The number of hydrogen-bond acceptors (Lipinski definition) is 2. The Morgan fingerprint density at radius 3 is 2.45 bits per heavy atom. The smallest absolute Gasteiger partial charge is 0.0991 e. The zero-order valence-corrected chi connectivity index (χ0v) is 13.1. The Bertz CT molecular complexity index is 662. The molecular formula is C20H22N2. The number of nitrogens with zero attached hydrogens (tertiary/aromatic N) is 2. The molecule has 2 aromatic rings. The second-order valence-electron chi connectivity index (χ2n) is 6.52. The van der Waals surface area contributed by atoms with E-state index >= 15 is 0 Å². The van der Waals surface area contributed by atoms with Crippen LogP contribution in [0.5, 0.6) is 0 Å². The van der Waals surface area contributed by atoms with Crippen molar-refractivity contribution in [3.63, 3.8) is 0 Å². The second kappa shape index (κ2) is 6.34. The predicted octanol–water partition coefficient (Wildman–Crippen LogP) is 4.11. The van der Waals surface area contributed by atoms with Gasteiger partial charge in [-0.05, 0) is 54.6 Å². The van der Waals surface area contributed by atoms with Gasteiger partial charge in [-0.25, -0.2) is 0 Å². The summed E-state index contributed by atoms with van der Waals surface area (Å²) in [6, 6.07) is 21.1. The molecule has 0 N–H and O–H groups in total. The van der Waals surface area contributed by atoms with Crippen LogP contribution < -0.4 is 0 Å². The van der Waals surface area contributed by atoms with Crippen molar-refractivity contribution in [1.82, 2.24) is 4.90 Å². The van der Waals surface area contributed by atoms with Crippen LogP contribution in [0.15, 0.2) is 54.6 Å². The quantitative estimate of drug-likeness (QED) is 0.850. The van der Waals surface area contributed by atoms with Gasteiger partial charge in [0.05, 0.1) is 11.6 Å². The van der Waals surface area contributed by atoms with Crippen molar-refractivity contribution >= 4 is 0 Å². The van der Waals surface area contributed by atoms with E-state index < -0.39 is 0 Å². The molecule has 2 nitrogen and oxygen atoms in total. The maximum absolute atomic E-state index is 9.09. The van der Waals surface area contributed by atoms with E-state index in [1.54, 1.807) is 0 Å². The molecule has 2 heteroatoms. The Kier molecular flexibility index (Phi) is 4.27. The van der Waals surface area contributed by atoms with Crippen LogP contribution in [0.3, 0.4) is 0 Å². The average molecular weight is 290 g/mol. The van der Waals surface area contributed by atoms with Crippen molar-refractivity contribution in [2.24, 2.45) is 0 Å². The molecule has 0 bridgehead atoms. The fraction of sp³-hybridized carbons (Fsp3) is 0.350. The highest BCUT2D eigenvalue weighted by atomic mass is 15.1. The van der Waals surface area contributed by atoms with Crippen molar-refractivity contribution < 1.29 is 0 Å². The van der Waals surface area contributed by atoms with Crippen molar-refractivity contribution in [2.75, 3.05) is 13.1 Å². The van der Waals surface area contributed by atoms with Gasteiger partial charge in [0.25, 0.3) is 0 Å². The van der Waals surface area contributed by atoms with Crippen LogP contribution in [-0.2, 0) is 12.0 Å². The fourth-order valence-corrected chi connectivity index (χ4v) is 3.30. The van der Waals surface area contributed by atoms with E-state index in [4.69, 9.17) is 5.26 Å². The Labute approximate surface area is 133 Å². The fourth-order valence-electron chi connectivity index (χ4n) is 3.30. The van der Waals surface area contributed by atoms with E-state index in [1.807, 2.05) is 12.1 Å². The maximum Gasteiger partial charge on any atom is 0.0991 e. The summed E-state index contributed by atoms with van der Waals surface area (Å²) in [5.41, 5.74) is 3.66.